The van der Waals surface area contributed by atoms with Crippen LogP contribution in [0.25, 0.3) is 0 Å². The molecule has 0 radical (unpaired) electrons. The van der Waals surface area contributed by atoms with Crippen LogP contribution in [0, 0.1) is 0 Å². The van der Waals surface area contributed by atoms with Crippen molar-refractivity contribution >= 4 is 11.3 Å². The standard InChI is InChI=1S/C11H13N3OS/c12-8-11-14-13-10(16-11)6-7-15-9-4-2-1-3-5-9/h1-5H,6-8,12H2. The largest absolute Gasteiger partial charge is 0.493 e. The monoisotopic (exact) mass is 235 g/mol. The van der Waals surface area contributed by atoms with Crippen molar-refractivity contribution in [3.63, 3.8) is 0 Å². The predicted octanol–water partition coefficient (Wildman–Crippen LogP) is 1.62. The zero-order valence-corrected chi connectivity index (χ0v) is 9.61. The molecule has 0 aliphatic heterocycles. The molecule has 84 valence electrons. The maximum atomic E-state index is 5.56. The van der Waals surface area contributed by atoms with Crippen LogP contribution in [0.15, 0.2) is 30.3 Å². The molecule has 1 heterocycles. The second-order valence-corrected chi connectivity index (χ2v) is 4.35. The maximum absolute atomic E-state index is 5.56. The molecule has 4 nitrogen and oxygen atoms in total. The van der Waals surface area contributed by atoms with Gasteiger partial charge in [0, 0.05) is 13.0 Å². The summed E-state index contributed by atoms with van der Waals surface area (Å²) in [6, 6.07) is 9.74. The van der Waals surface area contributed by atoms with E-state index in [2.05, 4.69) is 10.2 Å². The first-order chi connectivity index (χ1) is 7.88. The topological polar surface area (TPSA) is 61.0 Å². The van der Waals surface area contributed by atoms with Crippen molar-refractivity contribution in [1.29, 1.82) is 0 Å². The highest BCUT2D eigenvalue weighted by atomic mass is 32.1. The van der Waals surface area contributed by atoms with Crippen molar-refractivity contribution in [3.8, 4) is 5.75 Å². The number of nitrogens with zero attached hydrogens (tertiary/aromatic N) is 2. The molecule has 1 aromatic heterocycles. The Hall–Kier alpha value is -1.46. The molecule has 0 aliphatic rings. The molecule has 2 rings (SSSR count). The van der Waals surface area contributed by atoms with E-state index in [0.29, 0.717) is 13.2 Å². The molecule has 0 aliphatic carbocycles. The van der Waals surface area contributed by atoms with E-state index in [4.69, 9.17) is 10.5 Å². The van der Waals surface area contributed by atoms with Crippen molar-refractivity contribution in [2.24, 2.45) is 5.73 Å². The number of para-hydroxylation sites is 1. The van der Waals surface area contributed by atoms with Gasteiger partial charge in [0.2, 0.25) is 0 Å². The lowest BCUT2D eigenvalue weighted by atomic mass is 10.3. The lowest BCUT2D eigenvalue weighted by molar-refractivity contribution is 0.321. The van der Waals surface area contributed by atoms with Gasteiger partial charge in [-0.1, -0.05) is 18.2 Å². The van der Waals surface area contributed by atoms with E-state index >= 15 is 0 Å². The number of benzene rings is 1. The minimum Gasteiger partial charge on any atom is -0.493 e. The van der Waals surface area contributed by atoms with Crippen molar-refractivity contribution in [2.75, 3.05) is 6.61 Å². The van der Waals surface area contributed by atoms with Crippen LogP contribution in [0.5, 0.6) is 5.75 Å². The third kappa shape index (κ3) is 3.01. The van der Waals surface area contributed by atoms with Gasteiger partial charge in [0.1, 0.15) is 15.8 Å². The smallest absolute Gasteiger partial charge is 0.131 e. The van der Waals surface area contributed by atoms with Gasteiger partial charge >= 0.3 is 0 Å². The van der Waals surface area contributed by atoms with Crippen LogP contribution in [0.1, 0.15) is 10.0 Å². The highest BCUT2D eigenvalue weighted by Gasteiger charge is 2.02. The molecule has 0 unspecified atom stereocenters. The minimum atomic E-state index is 0.456. The van der Waals surface area contributed by atoms with Gasteiger partial charge in [0.25, 0.3) is 0 Å². The van der Waals surface area contributed by atoms with Crippen molar-refractivity contribution in [2.45, 2.75) is 13.0 Å². The van der Waals surface area contributed by atoms with E-state index in [0.717, 1.165) is 22.2 Å². The van der Waals surface area contributed by atoms with E-state index in [1.165, 1.54) is 0 Å². The Morgan fingerprint density at radius 1 is 1.12 bits per heavy atom. The van der Waals surface area contributed by atoms with E-state index in [9.17, 15) is 0 Å². The first-order valence-electron chi connectivity index (χ1n) is 5.07. The average molecular weight is 235 g/mol. The molecule has 2 aromatic rings. The molecular formula is C11H13N3OS. The van der Waals surface area contributed by atoms with Gasteiger partial charge in [-0.05, 0) is 12.1 Å². The van der Waals surface area contributed by atoms with Gasteiger partial charge in [-0.25, -0.2) is 0 Å². The second kappa shape index (κ2) is 5.58. The predicted molar refractivity (Wildman–Crippen MR) is 63.4 cm³/mol. The first-order valence-corrected chi connectivity index (χ1v) is 5.89. The van der Waals surface area contributed by atoms with Crippen LogP contribution in [0.4, 0.5) is 0 Å². The molecule has 1 aromatic carbocycles. The Labute approximate surface area is 98.1 Å². The fourth-order valence-electron chi connectivity index (χ4n) is 1.24. The zero-order chi connectivity index (χ0) is 11.2. The quantitative estimate of drug-likeness (QED) is 0.855. The van der Waals surface area contributed by atoms with Gasteiger partial charge in [-0.15, -0.1) is 21.5 Å². The van der Waals surface area contributed by atoms with E-state index < -0.39 is 0 Å². The molecule has 0 amide bonds. The highest BCUT2D eigenvalue weighted by Crippen LogP contribution is 2.12. The van der Waals surface area contributed by atoms with E-state index in [1.54, 1.807) is 11.3 Å². The number of hydrogen-bond acceptors (Lipinski definition) is 5. The first kappa shape index (κ1) is 11.0. The molecule has 0 spiro atoms. The van der Waals surface area contributed by atoms with Gasteiger partial charge in [0.15, 0.2) is 0 Å². The summed E-state index contributed by atoms with van der Waals surface area (Å²) in [7, 11) is 0. The lowest BCUT2D eigenvalue weighted by Gasteiger charge is -2.03. The van der Waals surface area contributed by atoms with Crippen LogP contribution >= 0.6 is 11.3 Å². The SMILES string of the molecule is NCc1nnc(CCOc2ccccc2)s1. The summed E-state index contributed by atoms with van der Waals surface area (Å²) < 4.78 is 5.56. The molecular weight excluding hydrogens is 222 g/mol. The zero-order valence-electron chi connectivity index (χ0n) is 8.80. The van der Waals surface area contributed by atoms with Crippen LogP contribution < -0.4 is 10.5 Å². The molecule has 16 heavy (non-hydrogen) atoms. The average Bonchev–Trinajstić information content (AvgIpc) is 2.78. The number of nitrogens with two attached hydrogens (primary N) is 1. The van der Waals surface area contributed by atoms with Crippen molar-refractivity contribution in [3.05, 3.63) is 40.3 Å². The van der Waals surface area contributed by atoms with Gasteiger partial charge < -0.3 is 10.5 Å². The molecule has 2 N–H and O–H groups in total. The molecule has 0 fully saturated rings. The Bertz CT molecular complexity index is 430. The van der Waals surface area contributed by atoms with Crippen LogP contribution in [0.3, 0.4) is 0 Å². The summed E-state index contributed by atoms with van der Waals surface area (Å²) in [5.41, 5.74) is 5.46. The summed E-state index contributed by atoms with van der Waals surface area (Å²) in [5.74, 6) is 0.881. The van der Waals surface area contributed by atoms with Crippen LogP contribution in [-0.2, 0) is 13.0 Å². The molecule has 5 heteroatoms. The summed E-state index contributed by atoms with van der Waals surface area (Å²) in [6.45, 7) is 1.07. The highest BCUT2D eigenvalue weighted by molar-refractivity contribution is 7.11. The molecule has 0 atom stereocenters. The normalized spacial score (nSPS) is 10.3. The Morgan fingerprint density at radius 3 is 2.56 bits per heavy atom. The van der Waals surface area contributed by atoms with Gasteiger partial charge in [-0.2, -0.15) is 0 Å². The molecule has 0 saturated heterocycles. The third-order valence-electron chi connectivity index (χ3n) is 2.01. The second-order valence-electron chi connectivity index (χ2n) is 3.21. The Morgan fingerprint density at radius 2 is 1.88 bits per heavy atom. The fourth-order valence-corrected chi connectivity index (χ4v) is 1.95. The third-order valence-corrected chi connectivity index (χ3v) is 3.02. The lowest BCUT2D eigenvalue weighted by Crippen LogP contribution is -2.00. The minimum absolute atomic E-state index is 0.456. The summed E-state index contributed by atoms with van der Waals surface area (Å²) in [5, 5.41) is 9.81. The number of rotatable bonds is 5. The molecule has 0 bridgehead atoms. The van der Waals surface area contributed by atoms with Crippen LogP contribution in [0.2, 0.25) is 0 Å². The number of ether oxygens (including phenoxy) is 1. The summed E-state index contributed by atoms with van der Waals surface area (Å²) in [6.07, 6.45) is 0.770. The fraction of sp³-hybridized carbons (Fsp3) is 0.273. The Balaban J connectivity index is 1.80. The maximum Gasteiger partial charge on any atom is 0.131 e. The van der Waals surface area contributed by atoms with Gasteiger partial charge in [-0.3, -0.25) is 0 Å². The van der Waals surface area contributed by atoms with Crippen LogP contribution in [-0.4, -0.2) is 16.8 Å². The molecule has 0 saturated carbocycles. The number of aromatic nitrogens is 2. The summed E-state index contributed by atoms with van der Waals surface area (Å²) >= 11 is 1.54. The van der Waals surface area contributed by atoms with Crippen molar-refractivity contribution < 1.29 is 4.74 Å². The van der Waals surface area contributed by atoms with E-state index in [1.807, 2.05) is 30.3 Å². The Kier molecular flexibility index (Phi) is 3.85. The summed E-state index contributed by atoms with van der Waals surface area (Å²) in [4.78, 5) is 0. The van der Waals surface area contributed by atoms with Crippen molar-refractivity contribution in [1.82, 2.24) is 10.2 Å². The van der Waals surface area contributed by atoms with Gasteiger partial charge in [0.05, 0.1) is 6.61 Å². The van der Waals surface area contributed by atoms with E-state index in [-0.39, 0.29) is 0 Å². The number of hydrogen-bond donors (Lipinski definition) is 1.